The van der Waals surface area contributed by atoms with E-state index in [0.717, 1.165) is 25.9 Å². The van der Waals surface area contributed by atoms with Crippen LogP contribution in [0.15, 0.2) is 54.9 Å². The summed E-state index contributed by atoms with van der Waals surface area (Å²) in [5.74, 6) is 0.512. The third-order valence-electron chi connectivity index (χ3n) is 4.20. The molecule has 0 bridgehead atoms. The number of carbonyl (C=O) groups is 1. The second-order valence-corrected chi connectivity index (χ2v) is 6.00. The number of pyridine rings is 1. The summed E-state index contributed by atoms with van der Waals surface area (Å²) in [7, 11) is 0. The number of benzene rings is 1. The van der Waals surface area contributed by atoms with E-state index < -0.39 is 0 Å². The Bertz CT molecular complexity index is 616. The summed E-state index contributed by atoms with van der Waals surface area (Å²) >= 11 is 0. The van der Waals surface area contributed by atoms with E-state index in [-0.39, 0.29) is 5.91 Å². The van der Waals surface area contributed by atoms with Crippen molar-refractivity contribution in [2.24, 2.45) is 5.92 Å². The molecule has 1 aliphatic heterocycles. The molecule has 0 spiro atoms. The van der Waals surface area contributed by atoms with E-state index in [1.54, 1.807) is 24.5 Å². The van der Waals surface area contributed by atoms with Gasteiger partial charge in [0.2, 0.25) is 0 Å². The largest absolute Gasteiger partial charge is 0.376 e. The van der Waals surface area contributed by atoms with Crippen LogP contribution in [-0.4, -0.2) is 35.5 Å². The fraction of sp³-hybridized carbons (Fsp3) is 0.368. The van der Waals surface area contributed by atoms with Crippen molar-refractivity contribution >= 4 is 5.91 Å². The fourth-order valence-corrected chi connectivity index (χ4v) is 2.98. The molecule has 0 radical (unpaired) electrons. The van der Waals surface area contributed by atoms with Crippen molar-refractivity contribution in [1.29, 1.82) is 0 Å². The maximum absolute atomic E-state index is 12.5. The summed E-state index contributed by atoms with van der Waals surface area (Å²) in [5, 5.41) is 0. The van der Waals surface area contributed by atoms with Crippen molar-refractivity contribution in [1.82, 2.24) is 9.88 Å². The highest BCUT2D eigenvalue weighted by molar-refractivity contribution is 5.94. The number of ether oxygens (including phenoxy) is 1. The first-order valence-corrected chi connectivity index (χ1v) is 8.14. The van der Waals surface area contributed by atoms with Gasteiger partial charge in [-0.3, -0.25) is 9.78 Å². The Hall–Kier alpha value is -2.20. The van der Waals surface area contributed by atoms with Crippen LogP contribution >= 0.6 is 0 Å². The third-order valence-corrected chi connectivity index (χ3v) is 4.20. The summed E-state index contributed by atoms with van der Waals surface area (Å²) in [6.45, 7) is 2.94. The molecular formula is C19H22N2O2. The summed E-state index contributed by atoms with van der Waals surface area (Å²) in [5.41, 5.74) is 1.90. The van der Waals surface area contributed by atoms with Crippen molar-refractivity contribution in [2.75, 3.05) is 19.7 Å². The molecule has 3 rings (SSSR count). The van der Waals surface area contributed by atoms with Crippen LogP contribution in [-0.2, 0) is 11.3 Å². The van der Waals surface area contributed by atoms with Crippen LogP contribution in [0.2, 0.25) is 0 Å². The normalized spacial score (nSPS) is 17.9. The van der Waals surface area contributed by atoms with Gasteiger partial charge in [-0.15, -0.1) is 0 Å². The molecule has 1 aromatic heterocycles. The zero-order valence-electron chi connectivity index (χ0n) is 13.2. The van der Waals surface area contributed by atoms with E-state index in [2.05, 4.69) is 17.1 Å². The molecule has 0 N–H and O–H groups in total. The Balaban J connectivity index is 1.49. The van der Waals surface area contributed by atoms with E-state index in [4.69, 9.17) is 4.74 Å². The molecule has 1 unspecified atom stereocenters. The second kappa shape index (κ2) is 7.88. The van der Waals surface area contributed by atoms with E-state index >= 15 is 0 Å². The molecule has 0 saturated carbocycles. The first-order chi connectivity index (χ1) is 11.3. The lowest BCUT2D eigenvalue weighted by Gasteiger charge is -2.32. The highest BCUT2D eigenvalue weighted by Gasteiger charge is 2.24. The van der Waals surface area contributed by atoms with Gasteiger partial charge in [0, 0.05) is 31.0 Å². The molecule has 4 nitrogen and oxygen atoms in total. The number of nitrogens with zero attached hydrogens (tertiary/aromatic N) is 2. The number of carbonyl (C=O) groups excluding carboxylic acids is 1. The lowest BCUT2D eigenvalue weighted by Crippen LogP contribution is -2.41. The monoisotopic (exact) mass is 310 g/mol. The smallest absolute Gasteiger partial charge is 0.253 e. The molecule has 1 aromatic carbocycles. The van der Waals surface area contributed by atoms with Gasteiger partial charge in [0.1, 0.15) is 0 Å². The van der Waals surface area contributed by atoms with Gasteiger partial charge in [0.25, 0.3) is 5.91 Å². The van der Waals surface area contributed by atoms with Crippen LogP contribution < -0.4 is 0 Å². The predicted octanol–water partition coefficient (Wildman–Crippen LogP) is 3.15. The zero-order chi connectivity index (χ0) is 15.9. The van der Waals surface area contributed by atoms with E-state index in [0.29, 0.717) is 24.7 Å². The minimum absolute atomic E-state index is 0.0974. The first kappa shape index (κ1) is 15.7. The van der Waals surface area contributed by atoms with Gasteiger partial charge in [0.15, 0.2) is 0 Å². The minimum Gasteiger partial charge on any atom is -0.376 e. The molecule has 2 aromatic rings. The topological polar surface area (TPSA) is 42.4 Å². The number of hydrogen-bond acceptors (Lipinski definition) is 3. The lowest BCUT2D eigenvalue weighted by molar-refractivity contribution is 0.0425. The summed E-state index contributed by atoms with van der Waals surface area (Å²) < 4.78 is 5.84. The van der Waals surface area contributed by atoms with E-state index in [9.17, 15) is 4.79 Å². The molecule has 4 heteroatoms. The molecule has 1 amide bonds. The number of piperidine rings is 1. The highest BCUT2D eigenvalue weighted by atomic mass is 16.5. The predicted molar refractivity (Wildman–Crippen MR) is 89.0 cm³/mol. The summed E-state index contributed by atoms with van der Waals surface area (Å²) in [4.78, 5) is 18.4. The SMILES string of the molecule is O=C(c1ccncc1)N1CCCC(COCc2ccccc2)C1. The Morgan fingerprint density at radius 1 is 1.17 bits per heavy atom. The maximum atomic E-state index is 12.5. The van der Waals surface area contributed by atoms with Crippen molar-refractivity contribution in [2.45, 2.75) is 19.4 Å². The molecule has 1 fully saturated rings. The maximum Gasteiger partial charge on any atom is 0.253 e. The van der Waals surface area contributed by atoms with Crippen molar-refractivity contribution in [3.8, 4) is 0 Å². The molecular weight excluding hydrogens is 288 g/mol. The summed E-state index contributed by atoms with van der Waals surface area (Å²) in [6.07, 6.45) is 5.49. The standard InChI is InChI=1S/C19H22N2O2/c22-19(18-8-10-20-11-9-18)21-12-4-7-17(13-21)15-23-14-16-5-2-1-3-6-16/h1-3,5-6,8-11,17H,4,7,12-15H2. The molecule has 23 heavy (non-hydrogen) atoms. The van der Waals surface area contributed by atoms with Crippen molar-refractivity contribution in [3.63, 3.8) is 0 Å². The Morgan fingerprint density at radius 3 is 2.74 bits per heavy atom. The van der Waals surface area contributed by atoms with Gasteiger partial charge in [0.05, 0.1) is 13.2 Å². The van der Waals surface area contributed by atoms with Crippen LogP contribution in [0.4, 0.5) is 0 Å². The third kappa shape index (κ3) is 4.39. The number of aromatic nitrogens is 1. The van der Waals surface area contributed by atoms with Crippen molar-refractivity contribution in [3.05, 3.63) is 66.0 Å². The average Bonchev–Trinajstić information content (AvgIpc) is 2.63. The molecule has 1 aliphatic rings. The molecule has 2 heterocycles. The van der Waals surface area contributed by atoms with Crippen LogP contribution in [0.25, 0.3) is 0 Å². The fourth-order valence-electron chi connectivity index (χ4n) is 2.98. The Labute approximate surface area is 137 Å². The molecule has 120 valence electrons. The van der Waals surface area contributed by atoms with Crippen LogP contribution in [0, 0.1) is 5.92 Å². The van der Waals surface area contributed by atoms with Gasteiger partial charge in [-0.25, -0.2) is 0 Å². The van der Waals surface area contributed by atoms with Crippen LogP contribution in [0.1, 0.15) is 28.8 Å². The van der Waals surface area contributed by atoms with Gasteiger partial charge in [-0.05, 0) is 36.5 Å². The van der Waals surface area contributed by atoms with Gasteiger partial charge in [-0.1, -0.05) is 30.3 Å². The van der Waals surface area contributed by atoms with Gasteiger partial charge in [-0.2, -0.15) is 0 Å². The Morgan fingerprint density at radius 2 is 1.96 bits per heavy atom. The highest BCUT2D eigenvalue weighted by Crippen LogP contribution is 2.19. The molecule has 0 aliphatic carbocycles. The van der Waals surface area contributed by atoms with E-state index in [1.165, 1.54) is 5.56 Å². The average molecular weight is 310 g/mol. The number of amides is 1. The number of likely N-dealkylation sites (tertiary alicyclic amines) is 1. The summed E-state index contributed by atoms with van der Waals surface area (Å²) in [6, 6.07) is 13.7. The zero-order valence-corrected chi connectivity index (χ0v) is 13.2. The second-order valence-electron chi connectivity index (χ2n) is 6.00. The quantitative estimate of drug-likeness (QED) is 0.852. The van der Waals surface area contributed by atoms with Gasteiger partial charge >= 0.3 is 0 Å². The molecule has 1 atom stereocenters. The van der Waals surface area contributed by atoms with Crippen LogP contribution in [0.5, 0.6) is 0 Å². The Kier molecular flexibility index (Phi) is 5.37. The van der Waals surface area contributed by atoms with Gasteiger partial charge < -0.3 is 9.64 Å². The van der Waals surface area contributed by atoms with E-state index in [1.807, 2.05) is 23.1 Å². The van der Waals surface area contributed by atoms with Crippen LogP contribution in [0.3, 0.4) is 0 Å². The minimum atomic E-state index is 0.0974. The number of rotatable bonds is 5. The lowest BCUT2D eigenvalue weighted by atomic mass is 9.98. The van der Waals surface area contributed by atoms with Crippen molar-refractivity contribution < 1.29 is 9.53 Å². The molecule has 1 saturated heterocycles. The number of hydrogen-bond donors (Lipinski definition) is 0. The first-order valence-electron chi connectivity index (χ1n) is 8.14.